The predicted molar refractivity (Wildman–Crippen MR) is 241 cm³/mol. The van der Waals surface area contributed by atoms with E-state index in [1.165, 1.54) is 7.11 Å². The number of amides is 1. The van der Waals surface area contributed by atoms with Crippen molar-refractivity contribution >= 4 is 29.2 Å². The maximum absolute atomic E-state index is 14.2. The van der Waals surface area contributed by atoms with Crippen molar-refractivity contribution in [2.45, 2.75) is 174 Å². The van der Waals surface area contributed by atoms with Gasteiger partial charge in [0, 0.05) is 58.5 Å². The van der Waals surface area contributed by atoms with Crippen LogP contribution in [0.4, 0.5) is 0 Å². The molecule has 14 nitrogen and oxygen atoms in total. The van der Waals surface area contributed by atoms with Crippen molar-refractivity contribution in [2.24, 2.45) is 35.5 Å². The number of methoxy groups -OCH3 is 3. The Morgan fingerprint density at radius 2 is 1.58 bits per heavy atom. The fraction of sp³-hybridized carbons (Fsp3) is 0.740. The first-order chi connectivity index (χ1) is 30.2. The molecule has 0 aromatic rings. The Balaban J connectivity index is 1.68. The van der Waals surface area contributed by atoms with E-state index in [4.69, 9.17) is 23.7 Å². The van der Waals surface area contributed by atoms with Crippen molar-refractivity contribution in [1.29, 1.82) is 0 Å². The number of Topliss-reactive ketones (excluding diaryl/α,β-unsaturated/α-hetero) is 3. The number of carbonyl (C=O) groups is 5. The molecule has 1 amide bonds. The van der Waals surface area contributed by atoms with Crippen molar-refractivity contribution < 1.29 is 63.0 Å². The highest BCUT2D eigenvalue weighted by Gasteiger charge is 2.53. The molecule has 3 fully saturated rings. The van der Waals surface area contributed by atoms with Crippen molar-refractivity contribution in [3.8, 4) is 0 Å². The van der Waals surface area contributed by atoms with Gasteiger partial charge < -0.3 is 43.9 Å². The highest BCUT2D eigenvalue weighted by molar-refractivity contribution is 6.39. The van der Waals surface area contributed by atoms with Gasteiger partial charge in [-0.3, -0.25) is 19.2 Å². The molecule has 4 aliphatic rings. The third-order valence-corrected chi connectivity index (χ3v) is 14.2. The Hall–Kier alpha value is -3.37. The lowest BCUT2D eigenvalue weighted by Gasteiger charge is -2.41. The highest BCUT2D eigenvalue weighted by atomic mass is 16.6. The van der Waals surface area contributed by atoms with Gasteiger partial charge in [-0.1, -0.05) is 71.1 Å². The summed E-state index contributed by atoms with van der Waals surface area (Å²) in [6.45, 7) is 12.7. The van der Waals surface area contributed by atoms with Crippen LogP contribution in [0, 0.1) is 35.5 Å². The van der Waals surface area contributed by atoms with Crippen molar-refractivity contribution in [2.75, 3.05) is 27.9 Å². The van der Waals surface area contributed by atoms with E-state index >= 15 is 0 Å². The molecular formula is C50H77NO13. The Morgan fingerprint density at radius 3 is 2.25 bits per heavy atom. The summed E-state index contributed by atoms with van der Waals surface area (Å²) in [6.07, 6.45) is 10.5. The number of cyclic esters (lactones) is 1. The Morgan fingerprint density at radius 1 is 0.859 bits per heavy atom. The number of esters is 1. The van der Waals surface area contributed by atoms with Crippen LogP contribution in [0.25, 0.3) is 0 Å². The number of aliphatic hydroxyl groups is 3. The van der Waals surface area contributed by atoms with Gasteiger partial charge in [-0.05, 0) is 101 Å². The second kappa shape index (κ2) is 24.4. The van der Waals surface area contributed by atoms with E-state index in [2.05, 4.69) is 0 Å². The zero-order valence-electron chi connectivity index (χ0n) is 39.9. The quantitative estimate of drug-likeness (QED) is 0.165. The van der Waals surface area contributed by atoms with E-state index in [9.17, 15) is 39.3 Å². The molecule has 360 valence electrons. The Kier molecular flexibility index (Phi) is 20.3. The first-order valence-corrected chi connectivity index (χ1v) is 23.4. The van der Waals surface area contributed by atoms with E-state index in [-0.39, 0.29) is 54.8 Å². The number of allylic oxidation sites excluding steroid dienone is 6. The molecule has 14 heteroatoms. The third-order valence-electron chi connectivity index (χ3n) is 14.2. The number of carbonyl (C=O) groups excluding carboxylic acids is 5. The van der Waals surface area contributed by atoms with E-state index in [0.717, 1.165) is 16.9 Å². The number of hydrogen-bond donors (Lipinski definition) is 3. The monoisotopic (exact) mass is 900 g/mol. The minimum atomic E-state index is -2.42. The fourth-order valence-electron chi connectivity index (χ4n) is 9.95. The summed E-state index contributed by atoms with van der Waals surface area (Å²) in [5.74, 6) is -7.97. The largest absolute Gasteiger partial charge is 0.460 e. The lowest BCUT2D eigenvalue weighted by molar-refractivity contribution is -0.265. The third kappa shape index (κ3) is 13.6. The number of fused-ring (bicyclic) bond motifs is 3. The molecule has 3 N–H and O–H groups in total. The molecule has 4 rings (SSSR count). The molecule has 3 heterocycles. The molecule has 0 spiro atoms. The van der Waals surface area contributed by atoms with Gasteiger partial charge in [0.1, 0.15) is 30.1 Å². The van der Waals surface area contributed by atoms with E-state index in [1.54, 1.807) is 41.1 Å². The summed E-state index contributed by atoms with van der Waals surface area (Å²) in [5, 5.41) is 33.7. The summed E-state index contributed by atoms with van der Waals surface area (Å²) >= 11 is 0. The van der Waals surface area contributed by atoms with Crippen LogP contribution in [-0.2, 0) is 47.7 Å². The predicted octanol–water partition coefficient (Wildman–Crippen LogP) is 5.79. The minimum Gasteiger partial charge on any atom is -0.460 e. The average molecular weight is 900 g/mol. The van der Waals surface area contributed by atoms with Gasteiger partial charge in [-0.25, -0.2) is 4.79 Å². The number of ether oxygens (including phenoxy) is 5. The second-order valence-electron chi connectivity index (χ2n) is 19.2. The number of rotatable bonds is 6. The number of hydrogen-bond acceptors (Lipinski definition) is 13. The molecule has 3 unspecified atom stereocenters. The van der Waals surface area contributed by atoms with Gasteiger partial charge in [0.25, 0.3) is 11.7 Å². The Bertz CT molecular complexity index is 1740. The van der Waals surface area contributed by atoms with Crippen LogP contribution < -0.4 is 0 Å². The summed E-state index contributed by atoms with van der Waals surface area (Å²) in [6, 6.07) is -1.13. The smallest absolute Gasteiger partial charge is 0.329 e. The van der Waals surface area contributed by atoms with Crippen LogP contribution in [-0.4, -0.2) is 132 Å². The van der Waals surface area contributed by atoms with E-state index < -0.39 is 83.9 Å². The summed E-state index contributed by atoms with van der Waals surface area (Å²) in [5.41, 5.74) is 1.26. The molecule has 3 aliphatic heterocycles. The first kappa shape index (κ1) is 53.2. The maximum Gasteiger partial charge on any atom is 0.329 e. The minimum absolute atomic E-state index is 0.0199. The molecule has 1 saturated carbocycles. The van der Waals surface area contributed by atoms with E-state index in [1.807, 2.05) is 58.1 Å². The summed E-state index contributed by atoms with van der Waals surface area (Å²) in [4.78, 5) is 71.2. The second-order valence-corrected chi connectivity index (χ2v) is 19.2. The van der Waals surface area contributed by atoms with Crippen LogP contribution in [0.15, 0.2) is 47.6 Å². The SMILES string of the molecule is COC1C[C@@H]2CC[C@@H](C)[C@@](O)(O2)C(=O)C(=O)N2CCC[C@H]2C(=O)OC([C@H](C)C[C@@H]2CC[C@@H](O)[C@H](OC)C2)CC(=O)[C@H](C)/C=C(\C)[C@@H](O)C(OC)C(=O)[C@H](C)C[C@H](C)C=C/C=C/C=C\1C. The van der Waals surface area contributed by atoms with Gasteiger partial charge in [0.05, 0.1) is 24.4 Å². The summed E-state index contributed by atoms with van der Waals surface area (Å²) < 4.78 is 29.2. The van der Waals surface area contributed by atoms with Gasteiger partial charge >= 0.3 is 5.97 Å². The van der Waals surface area contributed by atoms with Crippen LogP contribution in [0.1, 0.15) is 119 Å². The molecular weight excluding hydrogens is 823 g/mol. The van der Waals surface area contributed by atoms with Crippen molar-refractivity contribution in [1.82, 2.24) is 4.90 Å². The zero-order valence-corrected chi connectivity index (χ0v) is 39.9. The van der Waals surface area contributed by atoms with Gasteiger partial charge in [-0.2, -0.15) is 0 Å². The molecule has 0 radical (unpaired) electrons. The zero-order chi connectivity index (χ0) is 47.5. The highest BCUT2D eigenvalue weighted by Crippen LogP contribution is 2.38. The number of ketones is 3. The fourth-order valence-corrected chi connectivity index (χ4v) is 9.95. The van der Waals surface area contributed by atoms with Gasteiger partial charge in [0.15, 0.2) is 5.78 Å². The standard InChI is InChI=1S/C50H77NO13/c1-29-15-12-11-13-16-30(2)41(60-8)27-37-20-18-35(7)50(59,64-37)47(56)48(57)51-22-14-17-38(51)49(58)63-42(32(4)25-36-19-21-39(52)43(26-36)61-9)28-40(53)31(3)24-34(6)45(55)46(62-10)44(54)33(5)23-29/h11-13,15-16,24,29,31-33,35-39,41-43,45-46,52,55,59H,14,17-23,25-28H2,1-10H3/b13-11+,15-12?,30-16-,34-24+/t29-,31-,32-,33-,35-,36+,37+,38+,39-,41?,42?,43-,45-,46?,50-/m1/s1. The molecule has 64 heavy (non-hydrogen) atoms. The van der Waals surface area contributed by atoms with Crippen LogP contribution in [0.2, 0.25) is 0 Å². The maximum atomic E-state index is 14.2. The Labute approximate surface area is 380 Å². The number of nitrogens with zero attached hydrogens (tertiary/aromatic N) is 1. The van der Waals surface area contributed by atoms with Crippen molar-refractivity contribution in [3.63, 3.8) is 0 Å². The van der Waals surface area contributed by atoms with Crippen LogP contribution in [0.5, 0.6) is 0 Å². The molecule has 15 atom stereocenters. The normalized spacial score (nSPS) is 40.2. The number of aliphatic hydroxyl groups excluding tert-OH is 2. The lowest BCUT2D eigenvalue weighted by Crippen LogP contribution is -2.59. The first-order valence-electron chi connectivity index (χ1n) is 23.4. The van der Waals surface area contributed by atoms with E-state index in [0.29, 0.717) is 56.9 Å². The average Bonchev–Trinajstić information content (AvgIpc) is 3.76. The molecule has 0 aromatic carbocycles. The topological polar surface area (TPSA) is 195 Å². The van der Waals surface area contributed by atoms with Crippen LogP contribution in [0.3, 0.4) is 0 Å². The molecule has 0 aromatic heterocycles. The molecule has 1 aliphatic carbocycles. The van der Waals surface area contributed by atoms with Crippen molar-refractivity contribution in [3.05, 3.63) is 47.6 Å². The van der Waals surface area contributed by atoms with Crippen LogP contribution >= 0.6 is 0 Å². The van der Waals surface area contributed by atoms with Gasteiger partial charge in [-0.15, -0.1) is 0 Å². The summed E-state index contributed by atoms with van der Waals surface area (Å²) in [7, 11) is 4.51. The molecule has 2 bridgehead atoms. The van der Waals surface area contributed by atoms with Gasteiger partial charge in [0.2, 0.25) is 5.79 Å². The molecule has 2 saturated heterocycles. The lowest BCUT2D eigenvalue weighted by atomic mass is 9.78.